The molecule has 0 saturated heterocycles. The average molecular weight is 331 g/mol. The molecule has 3 rings (SSSR count). The number of nitrogens with one attached hydrogen (secondary N) is 1. The van der Waals surface area contributed by atoms with Gasteiger partial charge in [0, 0.05) is 29.0 Å². The van der Waals surface area contributed by atoms with Crippen molar-refractivity contribution in [3.63, 3.8) is 0 Å². The first kappa shape index (κ1) is 15.7. The fraction of sp³-hybridized carbons (Fsp3) is 0.222. The molecular weight excluding hydrogens is 315 g/mol. The van der Waals surface area contributed by atoms with Gasteiger partial charge in [-0.05, 0) is 36.2 Å². The van der Waals surface area contributed by atoms with Crippen molar-refractivity contribution in [2.75, 3.05) is 0 Å². The topological polar surface area (TPSA) is 45.8 Å². The minimum absolute atomic E-state index is 0.0815. The van der Waals surface area contributed by atoms with E-state index >= 15 is 0 Å². The lowest BCUT2D eigenvalue weighted by Crippen LogP contribution is -2.07. The molecule has 23 heavy (non-hydrogen) atoms. The quantitative estimate of drug-likeness (QED) is 0.695. The molecule has 0 fully saturated rings. The Morgan fingerprint density at radius 3 is 2.83 bits per heavy atom. The molecule has 1 heterocycles. The highest BCUT2D eigenvalue weighted by molar-refractivity contribution is 6.30. The Morgan fingerprint density at radius 2 is 2.13 bits per heavy atom. The molecule has 1 N–H and O–H groups in total. The molecule has 0 amide bonds. The molecule has 0 radical (unpaired) electrons. The van der Waals surface area contributed by atoms with Crippen molar-refractivity contribution in [1.82, 2.24) is 9.97 Å². The third-order valence-corrected chi connectivity index (χ3v) is 4.28. The van der Waals surface area contributed by atoms with Gasteiger partial charge in [-0.3, -0.25) is 4.79 Å². The van der Waals surface area contributed by atoms with Gasteiger partial charge in [-0.2, -0.15) is 0 Å². The van der Waals surface area contributed by atoms with Gasteiger partial charge in [0.2, 0.25) is 0 Å². The van der Waals surface area contributed by atoms with E-state index in [4.69, 9.17) is 11.6 Å². The number of nitrogens with zero attached hydrogens (tertiary/aromatic N) is 1. The number of aryl methyl sites for hydroxylation is 1. The summed E-state index contributed by atoms with van der Waals surface area (Å²) in [6.45, 7) is 3.70. The molecule has 0 atom stereocenters. The van der Waals surface area contributed by atoms with E-state index < -0.39 is 5.82 Å². The second-order valence-electron chi connectivity index (χ2n) is 5.54. The Bertz CT molecular complexity index is 901. The number of benzene rings is 2. The third-order valence-electron chi connectivity index (χ3n) is 4.05. The van der Waals surface area contributed by atoms with Gasteiger partial charge in [-0.25, -0.2) is 9.37 Å². The molecule has 0 unspecified atom stereocenters. The van der Waals surface area contributed by atoms with Crippen LogP contribution in [-0.2, 0) is 6.42 Å². The van der Waals surface area contributed by atoms with Crippen LogP contribution < -0.4 is 0 Å². The summed E-state index contributed by atoms with van der Waals surface area (Å²) in [5.41, 5.74) is 3.51. The maximum absolute atomic E-state index is 14.9. The molecule has 0 saturated carbocycles. The van der Waals surface area contributed by atoms with Gasteiger partial charge in [0.05, 0.1) is 11.8 Å². The lowest BCUT2D eigenvalue weighted by molar-refractivity contribution is 0.0987. The van der Waals surface area contributed by atoms with Gasteiger partial charge in [0.1, 0.15) is 5.52 Å². The summed E-state index contributed by atoms with van der Waals surface area (Å²) >= 11 is 5.98. The van der Waals surface area contributed by atoms with Crippen molar-refractivity contribution in [2.45, 2.75) is 26.7 Å². The van der Waals surface area contributed by atoms with Crippen LogP contribution in [0.4, 0.5) is 4.39 Å². The number of rotatable bonds is 4. The highest BCUT2D eigenvalue weighted by atomic mass is 35.5. The van der Waals surface area contributed by atoms with Crippen LogP contribution in [0.5, 0.6) is 0 Å². The second-order valence-corrected chi connectivity index (χ2v) is 5.98. The number of imidazole rings is 1. The molecule has 5 heteroatoms. The first-order valence-corrected chi connectivity index (χ1v) is 7.81. The number of carbonyl (C=O) groups is 1. The van der Waals surface area contributed by atoms with Crippen LogP contribution in [-0.4, -0.2) is 15.8 Å². The summed E-state index contributed by atoms with van der Waals surface area (Å²) in [5.74, 6) is -0.517. The van der Waals surface area contributed by atoms with E-state index in [9.17, 15) is 9.18 Å². The van der Waals surface area contributed by atoms with Crippen molar-refractivity contribution in [3.8, 4) is 0 Å². The maximum atomic E-state index is 14.9. The number of carbonyl (C=O) groups excluding carboxylic acids is 1. The number of aromatic nitrogens is 2. The number of ketones is 1. The van der Waals surface area contributed by atoms with Crippen LogP contribution in [0.25, 0.3) is 11.0 Å². The number of halogens is 2. The predicted octanol–water partition coefficient (Wildman–Crippen LogP) is 4.85. The van der Waals surface area contributed by atoms with E-state index in [1.807, 2.05) is 19.1 Å². The summed E-state index contributed by atoms with van der Waals surface area (Å²) in [4.78, 5) is 19.1. The zero-order valence-corrected chi connectivity index (χ0v) is 13.7. The van der Waals surface area contributed by atoms with Crippen molar-refractivity contribution in [2.24, 2.45) is 0 Å². The molecule has 0 aliphatic heterocycles. The summed E-state index contributed by atoms with van der Waals surface area (Å²) in [6.07, 6.45) is 2.09. The number of hydrogen-bond donors (Lipinski definition) is 1. The van der Waals surface area contributed by atoms with Gasteiger partial charge in [0.25, 0.3) is 0 Å². The summed E-state index contributed by atoms with van der Waals surface area (Å²) < 4.78 is 14.9. The molecule has 0 aliphatic carbocycles. The minimum atomic E-state index is -0.435. The fourth-order valence-electron chi connectivity index (χ4n) is 2.74. The Kier molecular flexibility index (Phi) is 4.18. The normalized spacial score (nSPS) is 11.1. The molecule has 3 aromatic rings. The zero-order chi connectivity index (χ0) is 16.6. The molecule has 0 aliphatic rings. The van der Waals surface area contributed by atoms with Crippen LogP contribution in [0.15, 0.2) is 30.6 Å². The molecular formula is C18H16ClFN2O. The average Bonchev–Trinajstić information content (AvgIpc) is 3.00. The van der Waals surface area contributed by atoms with E-state index in [1.54, 1.807) is 19.1 Å². The molecule has 0 bridgehead atoms. The van der Waals surface area contributed by atoms with E-state index in [-0.39, 0.29) is 11.3 Å². The summed E-state index contributed by atoms with van der Waals surface area (Å²) in [5, 5.41) is 0.638. The lowest BCUT2D eigenvalue weighted by atomic mass is 9.93. The van der Waals surface area contributed by atoms with E-state index in [2.05, 4.69) is 9.97 Å². The van der Waals surface area contributed by atoms with E-state index in [0.29, 0.717) is 34.5 Å². The highest BCUT2D eigenvalue weighted by Gasteiger charge is 2.20. The summed E-state index contributed by atoms with van der Waals surface area (Å²) in [7, 11) is 0. The first-order valence-electron chi connectivity index (χ1n) is 7.44. The largest absolute Gasteiger partial charge is 0.344 e. The van der Waals surface area contributed by atoms with Gasteiger partial charge in [-0.15, -0.1) is 0 Å². The van der Waals surface area contributed by atoms with Crippen LogP contribution in [0.3, 0.4) is 0 Å². The van der Waals surface area contributed by atoms with Gasteiger partial charge >= 0.3 is 0 Å². The van der Waals surface area contributed by atoms with Crippen LogP contribution in [0.1, 0.15) is 40.4 Å². The number of Topliss-reactive ketones (excluding diaryl/α,β-unsaturated/α-hetero) is 1. The zero-order valence-electron chi connectivity index (χ0n) is 12.9. The fourth-order valence-corrected chi connectivity index (χ4v) is 2.97. The second kappa shape index (κ2) is 6.13. The number of fused-ring (bicyclic) bond motifs is 1. The van der Waals surface area contributed by atoms with Crippen LogP contribution >= 0.6 is 11.6 Å². The standard InChI is InChI=1S/C18H16ClFN2O/c1-3-16(23)13-8-15-18(22-9-21-15)17(20)14(13)7-11-4-5-12(19)6-10(11)2/h4-6,8-9H,3,7H2,1-2H3,(H,21,22). The van der Waals surface area contributed by atoms with E-state index in [1.165, 1.54) is 6.33 Å². The Labute approximate surface area is 138 Å². The third kappa shape index (κ3) is 2.86. The van der Waals surface area contributed by atoms with Crippen molar-refractivity contribution >= 4 is 28.4 Å². The maximum Gasteiger partial charge on any atom is 0.163 e. The van der Waals surface area contributed by atoms with Crippen molar-refractivity contribution < 1.29 is 9.18 Å². The molecule has 0 spiro atoms. The van der Waals surface area contributed by atoms with Crippen LogP contribution in [0, 0.1) is 12.7 Å². The first-order chi connectivity index (χ1) is 11.0. The monoisotopic (exact) mass is 330 g/mol. The number of hydrogen-bond acceptors (Lipinski definition) is 2. The van der Waals surface area contributed by atoms with Gasteiger partial charge in [0.15, 0.2) is 11.6 Å². The van der Waals surface area contributed by atoms with E-state index in [0.717, 1.165) is 11.1 Å². The van der Waals surface area contributed by atoms with Crippen molar-refractivity contribution in [3.05, 3.63) is 63.7 Å². The number of aromatic amines is 1. The summed E-state index contributed by atoms with van der Waals surface area (Å²) in [6, 6.07) is 7.17. The SMILES string of the molecule is CCC(=O)c1cc2[nH]cnc2c(F)c1Cc1ccc(Cl)cc1C. The highest BCUT2D eigenvalue weighted by Crippen LogP contribution is 2.27. The molecule has 1 aromatic heterocycles. The lowest BCUT2D eigenvalue weighted by Gasteiger charge is -2.12. The smallest absolute Gasteiger partial charge is 0.163 e. The van der Waals surface area contributed by atoms with Crippen LogP contribution in [0.2, 0.25) is 5.02 Å². The minimum Gasteiger partial charge on any atom is -0.344 e. The Balaban J connectivity index is 2.17. The molecule has 3 nitrogen and oxygen atoms in total. The van der Waals surface area contributed by atoms with Gasteiger partial charge in [-0.1, -0.05) is 24.6 Å². The number of H-pyrrole nitrogens is 1. The molecule has 118 valence electrons. The molecule has 2 aromatic carbocycles. The Hall–Kier alpha value is -2.20. The Morgan fingerprint density at radius 1 is 1.35 bits per heavy atom. The predicted molar refractivity (Wildman–Crippen MR) is 89.7 cm³/mol. The van der Waals surface area contributed by atoms with Crippen molar-refractivity contribution in [1.29, 1.82) is 0 Å². The van der Waals surface area contributed by atoms with Gasteiger partial charge < -0.3 is 4.98 Å².